The fourth-order valence-electron chi connectivity index (χ4n) is 1.68. The SMILES string of the molecule is CCCCn1ccnc1Nc1cc(Cl)c(Cl)cc1Cl. The van der Waals surface area contributed by atoms with Crippen LogP contribution in [-0.4, -0.2) is 9.55 Å². The van der Waals surface area contributed by atoms with Crippen molar-refractivity contribution in [3.05, 3.63) is 39.6 Å². The quantitative estimate of drug-likeness (QED) is 0.749. The number of imidazole rings is 1. The Hall–Kier alpha value is -0.900. The smallest absolute Gasteiger partial charge is 0.207 e. The molecule has 1 aromatic carbocycles. The number of anilines is 2. The lowest BCUT2D eigenvalue weighted by atomic mass is 10.3. The number of halogens is 3. The predicted molar refractivity (Wildman–Crippen MR) is 81.9 cm³/mol. The average molecular weight is 319 g/mol. The molecular formula is C13H14Cl3N3. The van der Waals surface area contributed by atoms with Crippen LogP contribution in [0.3, 0.4) is 0 Å². The van der Waals surface area contributed by atoms with Crippen molar-refractivity contribution in [3.63, 3.8) is 0 Å². The number of nitrogens with one attached hydrogen (secondary N) is 1. The van der Waals surface area contributed by atoms with Gasteiger partial charge in [-0.15, -0.1) is 0 Å². The second-order valence-corrected chi connectivity index (χ2v) is 5.39. The zero-order valence-corrected chi connectivity index (χ0v) is 12.7. The molecule has 0 saturated carbocycles. The van der Waals surface area contributed by atoms with Crippen LogP contribution in [0, 0.1) is 0 Å². The molecule has 0 saturated heterocycles. The molecule has 0 bridgehead atoms. The number of benzene rings is 1. The third kappa shape index (κ3) is 3.56. The minimum absolute atomic E-state index is 0.437. The summed E-state index contributed by atoms with van der Waals surface area (Å²) in [6.07, 6.45) is 5.91. The molecule has 1 N–H and O–H groups in total. The molecule has 1 heterocycles. The van der Waals surface area contributed by atoms with E-state index in [4.69, 9.17) is 34.8 Å². The van der Waals surface area contributed by atoms with Crippen LogP contribution in [0.2, 0.25) is 15.1 Å². The molecule has 0 amide bonds. The molecule has 0 fully saturated rings. The number of hydrogen-bond acceptors (Lipinski definition) is 2. The molecule has 2 rings (SSSR count). The topological polar surface area (TPSA) is 29.9 Å². The van der Waals surface area contributed by atoms with E-state index >= 15 is 0 Å². The van der Waals surface area contributed by atoms with Crippen LogP contribution in [-0.2, 0) is 6.54 Å². The van der Waals surface area contributed by atoms with Gasteiger partial charge in [-0.3, -0.25) is 0 Å². The normalized spacial score (nSPS) is 10.7. The number of unbranched alkanes of at least 4 members (excludes halogenated alkanes) is 1. The largest absolute Gasteiger partial charge is 0.324 e. The third-order valence-electron chi connectivity index (χ3n) is 2.72. The lowest BCUT2D eigenvalue weighted by molar-refractivity contribution is 0.638. The summed E-state index contributed by atoms with van der Waals surface area (Å²) in [5, 5.41) is 4.58. The lowest BCUT2D eigenvalue weighted by Gasteiger charge is -2.11. The predicted octanol–water partition coefficient (Wildman–Crippen LogP) is 5.39. The van der Waals surface area contributed by atoms with Gasteiger partial charge in [0.15, 0.2) is 0 Å². The Labute approximate surface area is 127 Å². The Morgan fingerprint density at radius 3 is 2.63 bits per heavy atom. The van der Waals surface area contributed by atoms with E-state index in [0.717, 1.165) is 25.3 Å². The Morgan fingerprint density at radius 1 is 1.16 bits per heavy atom. The molecule has 0 aliphatic heterocycles. The van der Waals surface area contributed by atoms with Gasteiger partial charge in [0, 0.05) is 18.9 Å². The van der Waals surface area contributed by atoms with Crippen molar-refractivity contribution in [2.24, 2.45) is 0 Å². The summed E-state index contributed by atoms with van der Waals surface area (Å²) in [7, 11) is 0. The number of aryl methyl sites for hydroxylation is 1. The molecule has 1 aromatic heterocycles. The van der Waals surface area contributed by atoms with Crippen molar-refractivity contribution in [1.29, 1.82) is 0 Å². The van der Waals surface area contributed by atoms with Crippen LogP contribution >= 0.6 is 34.8 Å². The van der Waals surface area contributed by atoms with E-state index in [-0.39, 0.29) is 0 Å². The zero-order chi connectivity index (χ0) is 13.8. The highest BCUT2D eigenvalue weighted by Gasteiger charge is 2.09. The number of rotatable bonds is 5. The van der Waals surface area contributed by atoms with Crippen molar-refractivity contribution >= 4 is 46.4 Å². The van der Waals surface area contributed by atoms with Gasteiger partial charge in [-0.05, 0) is 18.6 Å². The molecule has 0 spiro atoms. The maximum absolute atomic E-state index is 6.13. The molecule has 3 nitrogen and oxygen atoms in total. The zero-order valence-electron chi connectivity index (χ0n) is 10.5. The van der Waals surface area contributed by atoms with E-state index in [1.54, 1.807) is 18.3 Å². The maximum atomic E-state index is 6.13. The summed E-state index contributed by atoms with van der Waals surface area (Å²) in [6.45, 7) is 3.07. The highest BCUT2D eigenvalue weighted by Crippen LogP contribution is 2.33. The number of aromatic nitrogens is 2. The van der Waals surface area contributed by atoms with E-state index in [9.17, 15) is 0 Å². The summed E-state index contributed by atoms with van der Waals surface area (Å²) in [4.78, 5) is 4.27. The fraction of sp³-hybridized carbons (Fsp3) is 0.308. The molecule has 102 valence electrons. The van der Waals surface area contributed by atoms with E-state index < -0.39 is 0 Å². The van der Waals surface area contributed by atoms with Crippen LogP contribution < -0.4 is 5.32 Å². The first-order valence-corrected chi connectivity index (χ1v) is 7.18. The second-order valence-electron chi connectivity index (χ2n) is 4.17. The summed E-state index contributed by atoms with van der Waals surface area (Å²) in [5.41, 5.74) is 0.694. The molecule has 2 aromatic rings. The van der Waals surface area contributed by atoms with Crippen molar-refractivity contribution < 1.29 is 0 Å². The summed E-state index contributed by atoms with van der Waals surface area (Å²) in [6, 6.07) is 3.32. The van der Waals surface area contributed by atoms with Crippen molar-refractivity contribution in [1.82, 2.24) is 9.55 Å². The molecule has 6 heteroatoms. The highest BCUT2D eigenvalue weighted by atomic mass is 35.5. The number of nitrogens with zero attached hydrogens (tertiary/aromatic N) is 2. The minimum Gasteiger partial charge on any atom is -0.324 e. The first-order valence-electron chi connectivity index (χ1n) is 6.04. The second kappa shape index (κ2) is 6.51. The molecule has 0 unspecified atom stereocenters. The first-order chi connectivity index (χ1) is 9.11. The maximum Gasteiger partial charge on any atom is 0.207 e. The van der Waals surface area contributed by atoms with E-state index in [1.165, 1.54) is 0 Å². The van der Waals surface area contributed by atoms with Crippen molar-refractivity contribution in [2.45, 2.75) is 26.3 Å². The summed E-state index contributed by atoms with van der Waals surface area (Å²) >= 11 is 18.0. The minimum atomic E-state index is 0.437. The van der Waals surface area contributed by atoms with E-state index in [0.29, 0.717) is 20.8 Å². The molecule has 0 aliphatic rings. The first kappa shape index (κ1) is 14.5. The van der Waals surface area contributed by atoms with Crippen LogP contribution in [0.4, 0.5) is 11.6 Å². The Morgan fingerprint density at radius 2 is 1.89 bits per heavy atom. The molecular weight excluding hydrogens is 305 g/mol. The summed E-state index contributed by atoms with van der Waals surface area (Å²) in [5.74, 6) is 0.744. The van der Waals surface area contributed by atoms with E-state index in [1.807, 2.05) is 10.8 Å². The van der Waals surface area contributed by atoms with Crippen LogP contribution in [0.25, 0.3) is 0 Å². The molecule has 0 atom stereocenters. The van der Waals surface area contributed by atoms with Gasteiger partial charge in [-0.2, -0.15) is 0 Å². The van der Waals surface area contributed by atoms with Crippen LogP contribution in [0.15, 0.2) is 24.5 Å². The highest BCUT2D eigenvalue weighted by molar-refractivity contribution is 6.44. The molecule has 0 radical (unpaired) electrons. The van der Waals surface area contributed by atoms with Gasteiger partial charge in [0.1, 0.15) is 0 Å². The number of hydrogen-bond donors (Lipinski definition) is 1. The van der Waals surface area contributed by atoms with Crippen molar-refractivity contribution in [2.75, 3.05) is 5.32 Å². The Kier molecular flexibility index (Phi) is 4.97. The van der Waals surface area contributed by atoms with E-state index in [2.05, 4.69) is 17.2 Å². The van der Waals surface area contributed by atoms with Crippen LogP contribution in [0.5, 0.6) is 0 Å². The molecule has 0 aliphatic carbocycles. The third-order valence-corrected chi connectivity index (χ3v) is 3.76. The molecule has 19 heavy (non-hydrogen) atoms. The fourth-order valence-corrected chi connectivity index (χ4v) is 2.28. The average Bonchev–Trinajstić information content (AvgIpc) is 2.81. The monoisotopic (exact) mass is 317 g/mol. The van der Waals surface area contributed by atoms with Gasteiger partial charge < -0.3 is 9.88 Å². The van der Waals surface area contributed by atoms with Gasteiger partial charge in [-0.1, -0.05) is 48.1 Å². The Bertz CT molecular complexity index is 566. The van der Waals surface area contributed by atoms with Crippen molar-refractivity contribution in [3.8, 4) is 0 Å². The Balaban J connectivity index is 2.21. The van der Waals surface area contributed by atoms with Gasteiger partial charge in [0.2, 0.25) is 5.95 Å². The van der Waals surface area contributed by atoms with Gasteiger partial charge in [0.05, 0.1) is 20.8 Å². The van der Waals surface area contributed by atoms with Gasteiger partial charge in [-0.25, -0.2) is 4.98 Å². The van der Waals surface area contributed by atoms with Gasteiger partial charge >= 0.3 is 0 Å². The summed E-state index contributed by atoms with van der Waals surface area (Å²) < 4.78 is 2.04. The standard InChI is InChI=1S/C13H14Cl3N3/c1-2-3-5-19-6-4-17-13(19)18-12-8-10(15)9(14)7-11(12)16/h4,6-8H,2-3,5H2,1H3,(H,17,18). The van der Waals surface area contributed by atoms with Crippen LogP contribution in [0.1, 0.15) is 19.8 Å². The van der Waals surface area contributed by atoms with Gasteiger partial charge in [0.25, 0.3) is 0 Å². The lowest BCUT2D eigenvalue weighted by Crippen LogP contribution is -2.03.